The minimum Gasteiger partial charge on any atom is -0.371 e. The smallest absolute Gasteiger partial charge is 0.251 e. The SMILES string of the molecule is CCc1cccc(-c2cc(C(=O)NC)cc3c2CCN3CC(C)C)c1. The van der Waals surface area contributed by atoms with E-state index in [1.165, 1.54) is 27.9 Å². The van der Waals surface area contributed by atoms with Gasteiger partial charge in [-0.25, -0.2) is 0 Å². The predicted molar refractivity (Wildman–Crippen MR) is 105 cm³/mol. The Kier molecular flexibility index (Phi) is 5.12. The molecular weight excluding hydrogens is 308 g/mol. The summed E-state index contributed by atoms with van der Waals surface area (Å²) in [6.07, 6.45) is 2.06. The Morgan fingerprint density at radius 3 is 2.72 bits per heavy atom. The molecule has 0 fully saturated rings. The zero-order chi connectivity index (χ0) is 18.0. The van der Waals surface area contributed by atoms with Gasteiger partial charge in [0.15, 0.2) is 0 Å². The van der Waals surface area contributed by atoms with Crippen LogP contribution >= 0.6 is 0 Å². The second-order valence-corrected chi connectivity index (χ2v) is 7.24. The lowest BCUT2D eigenvalue weighted by Crippen LogP contribution is -2.25. The molecule has 25 heavy (non-hydrogen) atoms. The number of carbonyl (C=O) groups excluding carboxylic acids is 1. The minimum atomic E-state index is -0.0212. The molecule has 1 amide bonds. The maximum Gasteiger partial charge on any atom is 0.251 e. The molecule has 0 unspecified atom stereocenters. The van der Waals surface area contributed by atoms with Crippen LogP contribution in [0.3, 0.4) is 0 Å². The summed E-state index contributed by atoms with van der Waals surface area (Å²) in [5.74, 6) is 0.577. The molecule has 132 valence electrons. The number of fused-ring (bicyclic) bond motifs is 1. The largest absolute Gasteiger partial charge is 0.371 e. The van der Waals surface area contributed by atoms with Crippen molar-refractivity contribution in [3.8, 4) is 11.1 Å². The molecule has 0 bridgehead atoms. The predicted octanol–water partition coefficient (Wildman–Crippen LogP) is 4.29. The highest BCUT2D eigenvalue weighted by Crippen LogP contribution is 2.38. The fourth-order valence-corrected chi connectivity index (χ4v) is 3.69. The number of nitrogens with zero attached hydrogens (tertiary/aromatic N) is 1. The number of nitrogens with one attached hydrogen (secondary N) is 1. The number of hydrogen-bond donors (Lipinski definition) is 1. The summed E-state index contributed by atoms with van der Waals surface area (Å²) in [7, 11) is 1.69. The zero-order valence-electron chi connectivity index (χ0n) is 15.7. The molecule has 1 aliphatic rings. The molecule has 3 nitrogen and oxygen atoms in total. The molecule has 2 aromatic carbocycles. The topological polar surface area (TPSA) is 32.3 Å². The minimum absolute atomic E-state index is 0.0212. The van der Waals surface area contributed by atoms with Crippen molar-refractivity contribution in [2.45, 2.75) is 33.6 Å². The monoisotopic (exact) mass is 336 g/mol. The van der Waals surface area contributed by atoms with E-state index >= 15 is 0 Å². The molecule has 1 heterocycles. The number of anilines is 1. The summed E-state index contributed by atoms with van der Waals surface area (Å²) < 4.78 is 0. The molecule has 0 atom stereocenters. The van der Waals surface area contributed by atoms with Gasteiger partial charge in [-0.2, -0.15) is 0 Å². The van der Waals surface area contributed by atoms with Gasteiger partial charge in [0.05, 0.1) is 0 Å². The molecule has 1 aliphatic heterocycles. The lowest BCUT2D eigenvalue weighted by atomic mass is 9.93. The first-order valence-corrected chi connectivity index (χ1v) is 9.26. The fourth-order valence-electron chi connectivity index (χ4n) is 3.69. The van der Waals surface area contributed by atoms with Crippen LogP contribution in [0.5, 0.6) is 0 Å². The maximum absolute atomic E-state index is 12.3. The molecule has 3 heteroatoms. The van der Waals surface area contributed by atoms with E-state index in [-0.39, 0.29) is 5.91 Å². The van der Waals surface area contributed by atoms with Crippen molar-refractivity contribution >= 4 is 11.6 Å². The lowest BCUT2D eigenvalue weighted by molar-refractivity contribution is 0.0963. The van der Waals surface area contributed by atoms with E-state index in [4.69, 9.17) is 0 Å². The van der Waals surface area contributed by atoms with Crippen LogP contribution in [0, 0.1) is 5.92 Å². The quantitative estimate of drug-likeness (QED) is 0.883. The van der Waals surface area contributed by atoms with Gasteiger partial charge in [0.25, 0.3) is 5.91 Å². The van der Waals surface area contributed by atoms with Gasteiger partial charge in [0.1, 0.15) is 0 Å². The summed E-state index contributed by atoms with van der Waals surface area (Å²) >= 11 is 0. The van der Waals surface area contributed by atoms with Gasteiger partial charge in [0, 0.05) is 31.4 Å². The van der Waals surface area contributed by atoms with Gasteiger partial charge < -0.3 is 10.2 Å². The fraction of sp³-hybridized carbons (Fsp3) is 0.409. The van der Waals surface area contributed by atoms with Crippen molar-refractivity contribution in [1.29, 1.82) is 0 Å². The van der Waals surface area contributed by atoms with Gasteiger partial charge in [-0.3, -0.25) is 4.79 Å². The van der Waals surface area contributed by atoms with Crippen LogP contribution in [0.15, 0.2) is 36.4 Å². The molecule has 0 spiro atoms. The average molecular weight is 336 g/mol. The Morgan fingerprint density at radius 2 is 2.04 bits per heavy atom. The molecule has 2 aromatic rings. The highest BCUT2D eigenvalue weighted by molar-refractivity contribution is 5.97. The Labute approximate surface area is 151 Å². The normalized spacial score (nSPS) is 13.2. The van der Waals surface area contributed by atoms with Gasteiger partial charge in [-0.1, -0.05) is 45.0 Å². The van der Waals surface area contributed by atoms with Crippen molar-refractivity contribution < 1.29 is 4.79 Å². The Hall–Kier alpha value is -2.29. The number of rotatable bonds is 5. The van der Waals surface area contributed by atoms with E-state index in [9.17, 15) is 4.79 Å². The standard InChI is InChI=1S/C22H28N2O/c1-5-16-7-6-8-17(11-16)20-12-18(22(25)23-4)13-21-19(20)9-10-24(21)14-15(2)3/h6-8,11-13,15H,5,9-10,14H2,1-4H3,(H,23,25). The van der Waals surface area contributed by atoms with Crippen LogP contribution < -0.4 is 10.2 Å². The summed E-state index contributed by atoms with van der Waals surface area (Å²) in [4.78, 5) is 14.7. The van der Waals surface area contributed by atoms with Crippen LogP contribution in [-0.4, -0.2) is 26.0 Å². The molecular formula is C22H28N2O. The highest BCUT2D eigenvalue weighted by atomic mass is 16.1. The van der Waals surface area contributed by atoms with Crippen molar-refractivity contribution in [3.05, 3.63) is 53.1 Å². The molecule has 0 saturated carbocycles. The number of aryl methyl sites for hydroxylation is 1. The molecule has 0 radical (unpaired) electrons. The first kappa shape index (κ1) is 17.5. The van der Waals surface area contributed by atoms with Crippen LogP contribution in [0.25, 0.3) is 11.1 Å². The molecule has 0 aliphatic carbocycles. The van der Waals surface area contributed by atoms with Gasteiger partial charge in [-0.15, -0.1) is 0 Å². The summed E-state index contributed by atoms with van der Waals surface area (Å²) in [5, 5.41) is 2.77. The summed E-state index contributed by atoms with van der Waals surface area (Å²) in [6, 6.07) is 12.8. The average Bonchev–Trinajstić information content (AvgIpc) is 3.02. The van der Waals surface area contributed by atoms with Crippen LogP contribution in [0.1, 0.15) is 42.3 Å². The number of carbonyl (C=O) groups is 1. The van der Waals surface area contributed by atoms with Gasteiger partial charge in [-0.05, 0) is 53.1 Å². The summed E-state index contributed by atoms with van der Waals surface area (Å²) in [6.45, 7) is 8.72. The van der Waals surface area contributed by atoms with E-state index in [0.29, 0.717) is 5.92 Å². The highest BCUT2D eigenvalue weighted by Gasteiger charge is 2.25. The molecule has 0 aromatic heterocycles. The van der Waals surface area contributed by atoms with E-state index in [1.807, 2.05) is 0 Å². The van der Waals surface area contributed by atoms with Crippen molar-refractivity contribution in [2.75, 3.05) is 25.0 Å². The second kappa shape index (κ2) is 7.30. The van der Waals surface area contributed by atoms with E-state index in [2.05, 4.69) is 67.4 Å². The van der Waals surface area contributed by atoms with E-state index in [0.717, 1.165) is 31.5 Å². The molecule has 3 rings (SSSR count). The van der Waals surface area contributed by atoms with E-state index < -0.39 is 0 Å². The number of benzene rings is 2. The third-order valence-electron chi connectivity index (χ3n) is 4.92. The van der Waals surface area contributed by atoms with Gasteiger partial charge in [0.2, 0.25) is 0 Å². The molecule has 0 saturated heterocycles. The van der Waals surface area contributed by atoms with Crippen LogP contribution in [-0.2, 0) is 12.8 Å². The summed E-state index contributed by atoms with van der Waals surface area (Å²) in [5.41, 5.74) is 7.10. The first-order chi connectivity index (χ1) is 12.0. The Morgan fingerprint density at radius 1 is 1.24 bits per heavy atom. The van der Waals surface area contributed by atoms with Crippen molar-refractivity contribution in [2.24, 2.45) is 5.92 Å². The van der Waals surface area contributed by atoms with Gasteiger partial charge >= 0.3 is 0 Å². The third-order valence-corrected chi connectivity index (χ3v) is 4.92. The third kappa shape index (κ3) is 3.55. The Balaban J connectivity index is 2.14. The number of hydrogen-bond acceptors (Lipinski definition) is 2. The number of amides is 1. The zero-order valence-corrected chi connectivity index (χ0v) is 15.7. The lowest BCUT2D eigenvalue weighted by Gasteiger charge is -2.23. The van der Waals surface area contributed by atoms with Crippen LogP contribution in [0.2, 0.25) is 0 Å². The maximum atomic E-state index is 12.3. The van der Waals surface area contributed by atoms with Crippen molar-refractivity contribution in [3.63, 3.8) is 0 Å². The first-order valence-electron chi connectivity index (χ1n) is 9.26. The van der Waals surface area contributed by atoms with E-state index in [1.54, 1.807) is 7.05 Å². The van der Waals surface area contributed by atoms with Crippen LogP contribution in [0.4, 0.5) is 5.69 Å². The second-order valence-electron chi connectivity index (χ2n) is 7.24. The Bertz CT molecular complexity index is 780. The molecule has 1 N–H and O–H groups in total. The van der Waals surface area contributed by atoms with Crippen molar-refractivity contribution in [1.82, 2.24) is 5.32 Å².